The van der Waals surface area contributed by atoms with Crippen molar-refractivity contribution in [3.63, 3.8) is 0 Å². The number of rotatable bonds is 3. The molecule has 1 aliphatic heterocycles. The van der Waals surface area contributed by atoms with Crippen LogP contribution in [0.25, 0.3) is 0 Å². The molecule has 0 unspecified atom stereocenters. The zero-order valence-electron chi connectivity index (χ0n) is 9.33. The van der Waals surface area contributed by atoms with Gasteiger partial charge in [0.1, 0.15) is 0 Å². The summed E-state index contributed by atoms with van der Waals surface area (Å²) in [5.74, 6) is 2.65. The Kier molecular flexibility index (Phi) is 4.09. The molecule has 2 heteroatoms. The third kappa shape index (κ3) is 3.54. The summed E-state index contributed by atoms with van der Waals surface area (Å²) in [7, 11) is 0. The molecular formula is C13H19NS. The van der Waals surface area contributed by atoms with Crippen molar-refractivity contribution in [2.75, 3.05) is 11.5 Å². The summed E-state index contributed by atoms with van der Waals surface area (Å²) >= 11 is 2.08. The van der Waals surface area contributed by atoms with Gasteiger partial charge in [-0.25, -0.2) is 0 Å². The third-order valence-corrected chi connectivity index (χ3v) is 3.95. The lowest BCUT2D eigenvalue weighted by Gasteiger charge is -2.22. The first kappa shape index (κ1) is 11.0. The number of hydrogen-bond acceptors (Lipinski definition) is 2. The summed E-state index contributed by atoms with van der Waals surface area (Å²) in [6.07, 6.45) is 2.66. The summed E-state index contributed by atoms with van der Waals surface area (Å²) in [4.78, 5) is 0. The predicted octanol–water partition coefficient (Wildman–Crippen LogP) is 2.98. The van der Waals surface area contributed by atoms with E-state index in [1.165, 1.54) is 35.5 Å². The van der Waals surface area contributed by atoms with Crippen molar-refractivity contribution in [1.82, 2.24) is 5.32 Å². The summed E-state index contributed by atoms with van der Waals surface area (Å²) in [5.41, 5.74) is 2.77. The standard InChI is InChI=1S/C13H19NS/c1-11-3-2-4-12(9-11)10-14-13-5-7-15-8-6-13/h2-4,9,13-14H,5-8,10H2,1H3. The van der Waals surface area contributed by atoms with Crippen molar-refractivity contribution in [2.45, 2.75) is 32.4 Å². The highest BCUT2D eigenvalue weighted by molar-refractivity contribution is 7.99. The molecule has 1 fully saturated rings. The van der Waals surface area contributed by atoms with Gasteiger partial charge in [0, 0.05) is 12.6 Å². The summed E-state index contributed by atoms with van der Waals surface area (Å²) in [6.45, 7) is 3.18. The van der Waals surface area contributed by atoms with Crippen molar-refractivity contribution in [2.24, 2.45) is 0 Å². The Labute approximate surface area is 96.7 Å². The minimum Gasteiger partial charge on any atom is -0.310 e. The average molecular weight is 221 g/mol. The zero-order chi connectivity index (χ0) is 10.5. The van der Waals surface area contributed by atoms with E-state index in [2.05, 4.69) is 48.3 Å². The predicted molar refractivity (Wildman–Crippen MR) is 68.4 cm³/mol. The first-order chi connectivity index (χ1) is 7.34. The maximum absolute atomic E-state index is 3.65. The lowest BCUT2D eigenvalue weighted by molar-refractivity contribution is 0.482. The molecule has 0 saturated carbocycles. The van der Waals surface area contributed by atoms with Gasteiger partial charge >= 0.3 is 0 Å². The van der Waals surface area contributed by atoms with Crippen molar-refractivity contribution in [1.29, 1.82) is 0 Å². The molecule has 82 valence electrons. The SMILES string of the molecule is Cc1cccc(CNC2CCSCC2)c1. The van der Waals surface area contributed by atoms with Gasteiger partial charge in [0.25, 0.3) is 0 Å². The molecule has 0 radical (unpaired) electrons. The van der Waals surface area contributed by atoms with Crippen LogP contribution in [0.2, 0.25) is 0 Å². The van der Waals surface area contributed by atoms with E-state index < -0.39 is 0 Å². The van der Waals surface area contributed by atoms with Gasteiger partial charge in [-0.2, -0.15) is 11.8 Å². The van der Waals surface area contributed by atoms with Crippen LogP contribution in [0.4, 0.5) is 0 Å². The maximum atomic E-state index is 3.65. The molecule has 0 spiro atoms. The molecule has 1 heterocycles. The van der Waals surface area contributed by atoms with E-state index in [9.17, 15) is 0 Å². The first-order valence-electron chi connectivity index (χ1n) is 5.71. The van der Waals surface area contributed by atoms with Gasteiger partial charge in [-0.1, -0.05) is 29.8 Å². The van der Waals surface area contributed by atoms with Gasteiger partial charge in [0.15, 0.2) is 0 Å². The number of aryl methyl sites for hydroxylation is 1. The molecule has 0 amide bonds. The van der Waals surface area contributed by atoms with Gasteiger partial charge in [-0.15, -0.1) is 0 Å². The van der Waals surface area contributed by atoms with Gasteiger partial charge in [0.05, 0.1) is 0 Å². The minimum atomic E-state index is 0.742. The van der Waals surface area contributed by atoms with E-state index in [0.29, 0.717) is 0 Å². The van der Waals surface area contributed by atoms with E-state index in [1.807, 2.05) is 0 Å². The zero-order valence-corrected chi connectivity index (χ0v) is 10.1. The minimum absolute atomic E-state index is 0.742. The van der Waals surface area contributed by atoms with Crippen LogP contribution in [0, 0.1) is 6.92 Å². The topological polar surface area (TPSA) is 12.0 Å². The molecular weight excluding hydrogens is 202 g/mol. The van der Waals surface area contributed by atoms with Crippen molar-refractivity contribution >= 4 is 11.8 Å². The Balaban J connectivity index is 1.81. The highest BCUT2D eigenvalue weighted by atomic mass is 32.2. The molecule has 1 aromatic rings. The Bertz CT molecular complexity index is 305. The molecule has 2 rings (SSSR count). The fourth-order valence-electron chi connectivity index (χ4n) is 1.99. The molecule has 0 aromatic heterocycles. The molecule has 1 N–H and O–H groups in total. The molecule has 1 aliphatic rings. The van der Waals surface area contributed by atoms with Crippen LogP contribution in [0.1, 0.15) is 24.0 Å². The van der Waals surface area contributed by atoms with Crippen molar-refractivity contribution in [3.8, 4) is 0 Å². The van der Waals surface area contributed by atoms with E-state index in [0.717, 1.165) is 12.6 Å². The Morgan fingerprint density at radius 2 is 2.13 bits per heavy atom. The molecule has 1 saturated heterocycles. The summed E-state index contributed by atoms with van der Waals surface area (Å²) in [6, 6.07) is 9.51. The molecule has 1 aromatic carbocycles. The number of hydrogen-bond donors (Lipinski definition) is 1. The van der Waals surface area contributed by atoms with Crippen LogP contribution >= 0.6 is 11.8 Å². The van der Waals surface area contributed by atoms with Crippen LogP contribution in [0.15, 0.2) is 24.3 Å². The number of thioether (sulfide) groups is 1. The Hall–Kier alpha value is -0.470. The second-order valence-corrected chi connectivity index (χ2v) is 5.48. The van der Waals surface area contributed by atoms with Gasteiger partial charge < -0.3 is 5.32 Å². The second-order valence-electron chi connectivity index (χ2n) is 4.26. The highest BCUT2D eigenvalue weighted by Crippen LogP contribution is 2.17. The fourth-order valence-corrected chi connectivity index (χ4v) is 3.09. The largest absolute Gasteiger partial charge is 0.310 e. The smallest absolute Gasteiger partial charge is 0.0208 e. The van der Waals surface area contributed by atoms with E-state index in [-0.39, 0.29) is 0 Å². The van der Waals surface area contributed by atoms with Crippen molar-refractivity contribution in [3.05, 3.63) is 35.4 Å². The van der Waals surface area contributed by atoms with Crippen LogP contribution < -0.4 is 5.32 Å². The maximum Gasteiger partial charge on any atom is 0.0208 e. The normalized spacial score (nSPS) is 17.9. The van der Waals surface area contributed by atoms with E-state index in [4.69, 9.17) is 0 Å². The van der Waals surface area contributed by atoms with Gasteiger partial charge in [-0.05, 0) is 36.8 Å². The lowest BCUT2D eigenvalue weighted by Crippen LogP contribution is -2.32. The van der Waals surface area contributed by atoms with E-state index >= 15 is 0 Å². The van der Waals surface area contributed by atoms with Crippen LogP contribution in [0.3, 0.4) is 0 Å². The number of nitrogens with one attached hydrogen (secondary N) is 1. The second kappa shape index (κ2) is 5.57. The third-order valence-electron chi connectivity index (χ3n) is 2.90. The molecule has 15 heavy (non-hydrogen) atoms. The molecule has 0 aliphatic carbocycles. The van der Waals surface area contributed by atoms with Gasteiger partial charge in [-0.3, -0.25) is 0 Å². The van der Waals surface area contributed by atoms with Gasteiger partial charge in [0.2, 0.25) is 0 Å². The Morgan fingerprint density at radius 1 is 1.33 bits per heavy atom. The molecule has 0 atom stereocenters. The monoisotopic (exact) mass is 221 g/mol. The summed E-state index contributed by atoms with van der Waals surface area (Å²) < 4.78 is 0. The Morgan fingerprint density at radius 3 is 2.87 bits per heavy atom. The quantitative estimate of drug-likeness (QED) is 0.842. The molecule has 1 nitrogen and oxygen atoms in total. The van der Waals surface area contributed by atoms with Crippen LogP contribution in [-0.2, 0) is 6.54 Å². The summed E-state index contributed by atoms with van der Waals surface area (Å²) in [5, 5.41) is 3.65. The average Bonchev–Trinajstić information content (AvgIpc) is 2.28. The van der Waals surface area contributed by atoms with Crippen molar-refractivity contribution < 1.29 is 0 Å². The fraction of sp³-hybridized carbons (Fsp3) is 0.538. The van der Waals surface area contributed by atoms with Crippen LogP contribution in [-0.4, -0.2) is 17.5 Å². The lowest BCUT2D eigenvalue weighted by atomic mass is 10.1. The molecule has 0 bridgehead atoms. The number of benzene rings is 1. The van der Waals surface area contributed by atoms with E-state index in [1.54, 1.807) is 0 Å². The highest BCUT2D eigenvalue weighted by Gasteiger charge is 2.12. The van der Waals surface area contributed by atoms with Crippen LogP contribution in [0.5, 0.6) is 0 Å². The first-order valence-corrected chi connectivity index (χ1v) is 6.87.